The maximum absolute atomic E-state index is 14.0. The molecule has 5 rings (SSSR count). The van der Waals surface area contributed by atoms with Crippen molar-refractivity contribution >= 4 is 9.84 Å². The van der Waals surface area contributed by atoms with Crippen molar-refractivity contribution < 1.29 is 17.9 Å². The van der Waals surface area contributed by atoms with E-state index in [0.717, 1.165) is 17.5 Å². The molecular formula is C30H27FN4O4S. The SMILES string of the molecule is CCCCc1nc(O)c(S(=O)(=O)c2ccc(-c3ccnc(F)c3C)cc2)c(=O)n1C1CCc2ccc(C#N)cc21. The average Bonchev–Trinajstić information content (AvgIpc) is 3.35. The number of halogens is 1. The summed E-state index contributed by atoms with van der Waals surface area (Å²) in [6.07, 6.45) is 4.39. The Morgan fingerprint density at radius 2 is 1.93 bits per heavy atom. The zero-order chi connectivity index (χ0) is 28.6. The minimum atomic E-state index is -4.48. The van der Waals surface area contributed by atoms with Crippen molar-refractivity contribution in [1.29, 1.82) is 5.26 Å². The van der Waals surface area contributed by atoms with E-state index in [1.165, 1.54) is 35.0 Å². The number of unbranched alkanes of at least 4 members (excludes halogenated alkanes) is 1. The number of nitriles is 1. The van der Waals surface area contributed by atoms with Gasteiger partial charge in [-0.3, -0.25) is 9.36 Å². The molecule has 0 saturated heterocycles. The van der Waals surface area contributed by atoms with E-state index in [-0.39, 0.29) is 4.90 Å². The van der Waals surface area contributed by atoms with Gasteiger partial charge in [-0.25, -0.2) is 13.4 Å². The number of benzene rings is 2. The van der Waals surface area contributed by atoms with Crippen LogP contribution in [-0.2, 0) is 22.7 Å². The molecule has 2 heterocycles. The summed E-state index contributed by atoms with van der Waals surface area (Å²) in [5.74, 6) is -1.16. The summed E-state index contributed by atoms with van der Waals surface area (Å²) in [5.41, 5.74) is 2.80. The Labute approximate surface area is 231 Å². The van der Waals surface area contributed by atoms with Gasteiger partial charge in [0.05, 0.1) is 22.6 Å². The smallest absolute Gasteiger partial charge is 0.277 e. The van der Waals surface area contributed by atoms with E-state index in [1.807, 2.05) is 13.0 Å². The Kier molecular flexibility index (Phi) is 7.25. The van der Waals surface area contributed by atoms with Crippen LogP contribution in [0.2, 0.25) is 0 Å². The molecule has 2 aromatic carbocycles. The van der Waals surface area contributed by atoms with Gasteiger partial charge in [0.25, 0.3) is 5.56 Å². The molecule has 10 heteroatoms. The van der Waals surface area contributed by atoms with Gasteiger partial charge < -0.3 is 5.11 Å². The standard InChI is InChI=1S/C30H27FN4O4S/c1-3-4-5-26-34-29(36)27(30(37)35(26)25-13-10-21-7-6-19(17-32)16-24(21)25)40(38,39)22-11-8-20(9-12-22)23-14-15-33-28(31)18(23)2/h6-9,11-12,14-16,25,36H,3-5,10,13H2,1-2H3. The summed E-state index contributed by atoms with van der Waals surface area (Å²) in [5, 5.41) is 20.2. The minimum Gasteiger partial charge on any atom is -0.492 e. The Morgan fingerprint density at radius 1 is 1.18 bits per heavy atom. The maximum atomic E-state index is 14.0. The lowest BCUT2D eigenvalue weighted by molar-refractivity contribution is 0.408. The van der Waals surface area contributed by atoms with E-state index in [9.17, 15) is 28.0 Å². The Morgan fingerprint density at radius 3 is 2.62 bits per heavy atom. The van der Waals surface area contributed by atoms with Gasteiger partial charge >= 0.3 is 0 Å². The predicted molar refractivity (Wildman–Crippen MR) is 146 cm³/mol. The van der Waals surface area contributed by atoms with Crippen LogP contribution in [-0.4, -0.2) is 28.1 Å². The number of aromatic hydroxyl groups is 1. The third-order valence-corrected chi connectivity index (χ3v) is 9.19. The second-order valence-electron chi connectivity index (χ2n) is 9.84. The fourth-order valence-electron chi connectivity index (χ4n) is 5.29. The van der Waals surface area contributed by atoms with Gasteiger partial charge in [-0.2, -0.15) is 14.6 Å². The molecule has 2 aromatic heterocycles. The fraction of sp³-hybridized carbons (Fsp3) is 0.267. The lowest BCUT2D eigenvalue weighted by Gasteiger charge is -2.21. The summed E-state index contributed by atoms with van der Waals surface area (Å²) >= 11 is 0. The number of pyridine rings is 1. The topological polar surface area (TPSA) is 126 Å². The van der Waals surface area contributed by atoms with Crippen molar-refractivity contribution in [3.8, 4) is 23.1 Å². The summed E-state index contributed by atoms with van der Waals surface area (Å²) < 4.78 is 42.9. The van der Waals surface area contributed by atoms with Gasteiger partial charge in [0.15, 0.2) is 4.90 Å². The van der Waals surface area contributed by atoms with E-state index in [2.05, 4.69) is 16.0 Å². The molecule has 0 bridgehead atoms. The zero-order valence-electron chi connectivity index (χ0n) is 22.1. The molecule has 1 atom stereocenters. The largest absolute Gasteiger partial charge is 0.492 e. The van der Waals surface area contributed by atoms with E-state index in [1.54, 1.807) is 25.1 Å². The number of aryl methyl sites for hydroxylation is 2. The van der Waals surface area contributed by atoms with Crippen LogP contribution in [0.15, 0.2) is 69.3 Å². The molecule has 1 unspecified atom stereocenters. The first-order chi connectivity index (χ1) is 19.2. The number of aromatic nitrogens is 3. The zero-order valence-corrected chi connectivity index (χ0v) is 22.9. The third-order valence-electron chi connectivity index (χ3n) is 7.40. The second kappa shape index (κ2) is 10.7. The highest BCUT2D eigenvalue weighted by atomic mass is 32.2. The Balaban J connectivity index is 1.64. The predicted octanol–water partition coefficient (Wildman–Crippen LogP) is 5.04. The quantitative estimate of drug-likeness (QED) is 0.315. The van der Waals surface area contributed by atoms with Gasteiger partial charge in [-0.15, -0.1) is 0 Å². The minimum absolute atomic E-state index is 0.205. The van der Waals surface area contributed by atoms with Crippen molar-refractivity contribution in [2.24, 2.45) is 0 Å². The fourth-order valence-corrected chi connectivity index (χ4v) is 6.63. The van der Waals surface area contributed by atoms with Gasteiger partial charge in [-0.05, 0) is 78.8 Å². The second-order valence-corrected chi connectivity index (χ2v) is 11.7. The number of fused-ring (bicyclic) bond motifs is 1. The summed E-state index contributed by atoms with van der Waals surface area (Å²) in [4.78, 5) is 20.8. The van der Waals surface area contributed by atoms with Gasteiger partial charge in [-0.1, -0.05) is 31.5 Å². The molecule has 0 aliphatic heterocycles. The van der Waals surface area contributed by atoms with E-state index in [0.29, 0.717) is 53.8 Å². The first-order valence-corrected chi connectivity index (χ1v) is 14.5. The monoisotopic (exact) mass is 558 g/mol. The van der Waals surface area contributed by atoms with Crippen molar-refractivity contribution in [1.82, 2.24) is 14.5 Å². The molecule has 1 aliphatic rings. The van der Waals surface area contributed by atoms with Crippen LogP contribution in [0.1, 0.15) is 60.3 Å². The van der Waals surface area contributed by atoms with Crippen molar-refractivity contribution in [3.63, 3.8) is 0 Å². The van der Waals surface area contributed by atoms with E-state index in [4.69, 9.17) is 0 Å². The Bertz CT molecular complexity index is 1830. The van der Waals surface area contributed by atoms with E-state index >= 15 is 0 Å². The summed E-state index contributed by atoms with van der Waals surface area (Å²) in [6.45, 7) is 3.56. The van der Waals surface area contributed by atoms with Crippen molar-refractivity contribution in [2.75, 3.05) is 0 Å². The molecular weight excluding hydrogens is 531 g/mol. The number of hydrogen-bond donors (Lipinski definition) is 1. The first-order valence-electron chi connectivity index (χ1n) is 13.0. The highest BCUT2D eigenvalue weighted by molar-refractivity contribution is 7.91. The Hall–Kier alpha value is -4.36. The molecule has 0 spiro atoms. The molecule has 0 fully saturated rings. The van der Waals surface area contributed by atoms with Crippen LogP contribution >= 0.6 is 0 Å². The van der Waals surface area contributed by atoms with E-state index < -0.39 is 38.2 Å². The maximum Gasteiger partial charge on any atom is 0.277 e. The van der Waals surface area contributed by atoms with Crippen molar-refractivity contribution in [2.45, 2.75) is 61.8 Å². The normalized spacial score (nSPS) is 14.6. The molecule has 0 amide bonds. The molecule has 4 aromatic rings. The lowest BCUT2D eigenvalue weighted by Crippen LogP contribution is -2.33. The third kappa shape index (κ3) is 4.67. The number of hydrogen-bond acceptors (Lipinski definition) is 7. The van der Waals surface area contributed by atoms with Crippen molar-refractivity contribution in [3.05, 3.63) is 99.1 Å². The van der Waals surface area contributed by atoms with Crippen LogP contribution in [0.4, 0.5) is 4.39 Å². The van der Waals surface area contributed by atoms with Crippen LogP contribution < -0.4 is 5.56 Å². The summed E-state index contributed by atoms with van der Waals surface area (Å²) in [6, 6.07) is 14.2. The highest BCUT2D eigenvalue weighted by Crippen LogP contribution is 2.36. The van der Waals surface area contributed by atoms with Crippen LogP contribution in [0.5, 0.6) is 5.88 Å². The van der Waals surface area contributed by atoms with Crippen LogP contribution in [0.3, 0.4) is 0 Å². The molecule has 1 aliphatic carbocycles. The first kappa shape index (κ1) is 27.2. The molecule has 1 N–H and O–H groups in total. The summed E-state index contributed by atoms with van der Waals surface area (Å²) in [7, 11) is -4.48. The number of rotatable bonds is 7. The van der Waals surface area contributed by atoms with Gasteiger partial charge in [0, 0.05) is 18.2 Å². The molecule has 0 saturated carbocycles. The van der Waals surface area contributed by atoms with Gasteiger partial charge in [0.1, 0.15) is 5.82 Å². The van der Waals surface area contributed by atoms with Gasteiger partial charge in [0.2, 0.25) is 21.7 Å². The molecule has 0 radical (unpaired) electrons. The number of nitrogens with zero attached hydrogens (tertiary/aromatic N) is 4. The van der Waals surface area contributed by atoms with Crippen LogP contribution in [0.25, 0.3) is 11.1 Å². The molecule has 8 nitrogen and oxygen atoms in total. The average molecular weight is 559 g/mol. The molecule has 204 valence electrons. The number of sulfone groups is 1. The highest BCUT2D eigenvalue weighted by Gasteiger charge is 2.34. The lowest BCUT2D eigenvalue weighted by atomic mass is 10.0. The molecule has 40 heavy (non-hydrogen) atoms. The van der Waals surface area contributed by atoms with Crippen LogP contribution in [0, 0.1) is 24.2 Å².